The third-order valence-electron chi connectivity index (χ3n) is 5.78. The van der Waals surface area contributed by atoms with Crippen LogP contribution in [-0.2, 0) is 45.1 Å². The highest BCUT2D eigenvalue weighted by molar-refractivity contribution is 5.80. The monoisotopic (exact) mass is 514 g/mol. The van der Waals surface area contributed by atoms with Crippen LogP contribution in [0.1, 0.15) is 22.3 Å². The van der Waals surface area contributed by atoms with E-state index in [1.807, 2.05) is 0 Å². The van der Waals surface area contributed by atoms with Gasteiger partial charge in [-0.25, -0.2) is 0 Å². The summed E-state index contributed by atoms with van der Waals surface area (Å²) in [5.41, 5.74) is 3.17. The number of hydrogen-bond donors (Lipinski definition) is 4. The number of esters is 2. The zero-order valence-corrected chi connectivity index (χ0v) is 20.3. The van der Waals surface area contributed by atoms with E-state index in [0.717, 1.165) is 11.1 Å². The molecule has 0 bridgehead atoms. The molecule has 0 radical (unpaired) electrons. The van der Waals surface area contributed by atoms with Gasteiger partial charge < -0.3 is 29.9 Å². The summed E-state index contributed by atoms with van der Waals surface area (Å²) in [7, 11) is 0. The number of ether oxygens (including phenoxy) is 2. The fourth-order valence-electron chi connectivity index (χ4n) is 3.77. The van der Waals surface area contributed by atoms with Gasteiger partial charge in [0.05, 0.1) is 12.8 Å². The first-order chi connectivity index (χ1) is 18.3. The number of aromatic hydroxyl groups is 4. The summed E-state index contributed by atoms with van der Waals surface area (Å²) in [6.07, 6.45) is -0.120. The Bertz CT molecular complexity index is 1320. The minimum Gasteiger partial charge on any atom is -0.508 e. The number of benzene rings is 4. The lowest BCUT2D eigenvalue weighted by molar-refractivity contribution is -0.145. The molecule has 0 amide bonds. The fourth-order valence-corrected chi connectivity index (χ4v) is 3.77. The van der Waals surface area contributed by atoms with Gasteiger partial charge >= 0.3 is 11.9 Å². The first-order valence-corrected chi connectivity index (χ1v) is 11.8. The second-order valence-corrected chi connectivity index (χ2v) is 8.71. The predicted octanol–water partition coefficient (Wildman–Crippen LogP) is 4.75. The van der Waals surface area contributed by atoms with Crippen LogP contribution in [-0.4, -0.2) is 32.4 Å². The van der Waals surface area contributed by atoms with Gasteiger partial charge in [0.2, 0.25) is 0 Å². The minimum atomic E-state index is -0.482. The number of hydrogen-bond acceptors (Lipinski definition) is 8. The molecule has 0 aromatic heterocycles. The van der Waals surface area contributed by atoms with Gasteiger partial charge in [-0.2, -0.15) is 0 Å². The molecule has 8 heteroatoms. The van der Waals surface area contributed by atoms with Crippen molar-refractivity contribution in [3.63, 3.8) is 0 Å². The Balaban J connectivity index is 1.41. The minimum absolute atomic E-state index is 0.0513. The topological polar surface area (TPSA) is 134 Å². The fraction of sp³-hybridized carbons (Fsp3) is 0.133. The second-order valence-electron chi connectivity index (χ2n) is 8.71. The molecule has 0 heterocycles. The van der Waals surface area contributed by atoms with Crippen molar-refractivity contribution in [3.05, 3.63) is 107 Å². The van der Waals surface area contributed by atoms with Crippen molar-refractivity contribution < 1.29 is 39.5 Å². The van der Waals surface area contributed by atoms with Gasteiger partial charge in [-0.15, -0.1) is 0 Å². The summed E-state index contributed by atoms with van der Waals surface area (Å²) in [6, 6.07) is 21.8. The van der Waals surface area contributed by atoms with Gasteiger partial charge in [0, 0.05) is 11.1 Å². The lowest BCUT2D eigenvalue weighted by atomic mass is 9.97. The summed E-state index contributed by atoms with van der Waals surface area (Å²) >= 11 is 0. The van der Waals surface area contributed by atoms with Gasteiger partial charge in [0.1, 0.15) is 36.2 Å². The molecule has 4 aromatic carbocycles. The average Bonchev–Trinajstić information content (AvgIpc) is 2.90. The molecule has 38 heavy (non-hydrogen) atoms. The van der Waals surface area contributed by atoms with Gasteiger partial charge in [0.25, 0.3) is 0 Å². The van der Waals surface area contributed by atoms with Gasteiger partial charge in [-0.3, -0.25) is 9.59 Å². The van der Waals surface area contributed by atoms with Crippen LogP contribution in [0.4, 0.5) is 0 Å². The highest BCUT2D eigenvalue weighted by atomic mass is 16.5. The molecule has 194 valence electrons. The van der Waals surface area contributed by atoms with Crippen molar-refractivity contribution >= 4 is 11.9 Å². The zero-order chi connectivity index (χ0) is 27.1. The van der Waals surface area contributed by atoms with Crippen molar-refractivity contribution in [1.29, 1.82) is 0 Å². The van der Waals surface area contributed by atoms with E-state index in [9.17, 15) is 30.0 Å². The molecule has 0 spiro atoms. The van der Waals surface area contributed by atoms with Gasteiger partial charge in [-0.05, 0) is 70.8 Å². The Morgan fingerprint density at radius 3 is 1.21 bits per heavy atom. The van der Waals surface area contributed by atoms with Crippen molar-refractivity contribution in [1.82, 2.24) is 0 Å². The number of phenolic OH excluding ortho intramolecular Hbond substituents is 4. The maximum absolute atomic E-state index is 12.4. The van der Waals surface area contributed by atoms with Crippen LogP contribution < -0.4 is 0 Å². The lowest BCUT2D eigenvalue weighted by Crippen LogP contribution is -2.08. The van der Waals surface area contributed by atoms with Crippen LogP contribution in [0.2, 0.25) is 0 Å². The molecular formula is C30H26O8. The molecule has 0 saturated carbocycles. The second kappa shape index (κ2) is 11.8. The lowest BCUT2D eigenvalue weighted by Gasteiger charge is -2.12. The first kappa shape index (κ1) is 26.1. The van der Waals surface area contributed by atoms with Crippen LogP contribution in [0.5, 0.6) is 23.0 Å². The highest BCUT2D eigenvalue weighted by Gasteiger charge is 2.15. The smallest absolute Gasteiger partial charge is 0.310 e. The van der Waals surface area contributed by atoms with E-state index in [1.54, 1.807) is 48.5 Å². The molecule has 0 aliphatic heterocycles. The Kier molecular flexibility index (Phi) is 8.13. The Labute approximate surface area is 219 Å². The third kappa shape index (κ3) is 7.04. The maximum Gasteiger partial charge on any atom is 0.310 e. The molecule has 0 aliphatic rings. The first-order valence-electron chi connectivity index (χ1n) is 11.8. The molecule has 0 saturated heterocycles. The molecule has 4 rings (SSSR count). The Hall–Kier alpha value is -4.98. The predicted molar refractivity (Wildman–Crippen MR) is 138 cm³/mol. The van der Waals surface area contributed by atoms with Crippen LogP contribution in [0.3, 0.4) is 0 Å². The van der Waals surface area contributed by atoms with E-state index >= 15 is 0 Å². The van der Waals surface area contributed by atoms with E-state index in [2.05, 4.69) is 0 Å². The molecule has 8 nitrogen and oxygen atoms in total. The number of phenols is 4. The Morgan fingerprint density at radius 1 is 0.500 bits per heavy atom. The van der Waals surface area contributed by atoms with E-state index in [4.69, 9.17) is 9.47 Å². The molecule has 0 fully saturated rings. The van der Waals surface area contributed by atoms with Crippen molar-refractivity contribution in [2.45, 2.75) is 26.1 Å². The van der Waals surface area contributed by atoms with E-state index in [-0.39, 0.29) is 49.1 Å². The van der Waals surface area contributed by atoms with Crippen LogP contribution in [0.15, 0.2) is 84.9 Å². The van der Waals surface area contributed by atoms with Crippen molar-refractivity contribution in [2.75, 3.05) is 0 Å². The van der Waals surface area contributed by atoms with Crippen LogP contribution in [0, 0.1) is 0 Å². The average molecular weight is 515 g/mol. The largest absolute Gasteiger partial charge is 0.508 e. The Morgan fingerprint density at radius 2 is 0.842 bits per heavy atom. The van der Waals surface area contributed by atoms with E-state index < -0.39 is 11.9 Å². The molecule has 0 unspecified atom stereocenters. The van der Waals surface area contributed by atoms with Crippen molar-refractivity contribution in [2.24, 2.45) is 0 Å². The summed E-state index contributed by atoms with van der Waals surface area (Å²) in [6.45, 7) is 0.103. The number of rotatable bonds is 9. The van der Waals surface area contributed by atoms with E-state index in [0.29, 0.717) is 22.3 Å². The summed E-state index contributed by atoms with van der Waals surface area (Å²) in [4.78, 5) is 24.7. The number of carbonyl (C=O) groups excluding carboxylic acids is 2. The van der Waals surface area contributed by atoms with Crippen LogP contribution in [0.25, 0.3) is 11.1 Å². The summed E-state index contributed by atoms with van der Waals surface area (Å²) in [5, 5.41) is 39.6. The van der Waals surface area contributed by atoms with Gasteiger partial charge in [0.15, 0.2) is 0 Å². The normalized spacial score (nSPS) is 10.6. The van der Waals surface area contributed by atoms with Crippen molar-refractivity contribution in [3.8, 4) is 34.1 Å². The SMILES string of the molecule is O=C(Cc1ccc(O)c(-c2cc(CC(=O)OCc3ccc(O)cc3)ccc2O)c1)OCc1ccc(O)cc1. The summed E-state index contributed by atoms with van der Waals surface area (Å²) in [5.74, 6) is -0.930. The molecule has 0 aliphatic carbocycles. The molecule has 0 atom stereocenters. The van der Waals surface area contributed by atoms with E-state index in [1.165, 1.54) is 36.4 Å². The molecule has 4 aromatic rings. The molecule has 4 N–H and O–H groups in total. The third-order valence-corrected chi connectivity index (χ3v) is 5.78. The highest BCUT2D eigenvalue weighted by Crippen LogP contribution is 2.37. The van der Waals surface area contributed by atoms with Gasteiger partial charge in [-0.1, -0.05) is 36.4 Å². The summed E-state index contributed by atoms with van der Waals surface area (Å²) < 4.78 is 10.6. The van der Waals surface area contributed by atoms with Crippen LogP contribution >= 0.6 is 0 Å². The zero-order valence-electron chi connectivity index (χ0n) is 20.3. The number of carbonyl (C=O) groups is 2. The standard InChI is InChI=1S/C30H26O8/c31-23-7-1-19(2-8-23)17-37-29(35)15-21-5-11-27(33)25(13-21)26-14-22(6-12-28(26)34)16-30(36)38-18-20-3-9-24(32)10-4-20/h1-14,31-34H,15-18H2. The molecular weight excluding hydrogens is 488 g/mol. The quantitative estimate of drug-likeness (QED) is 0.235. The maximum atomic E-state index is 12.4.